The maximum atomic E-state index is 13.2. The summed E-state index contributed by atoms with van der Waals surface area (Å²) in [7, 11) is 0. The van der Waals surface area contributed by atoms with E-state index >= 15 is 0 Å². The molecule has 2 N–H and O–H groups in total. The second-order valence-corrected chi connectivity index (χ2v) is 8.15. The van der Waals surface area contributed by atoms with E-state index in [1.807, 2.05) is 6.92 Å². The molecule has 30 heavy (non-hydrogen) atoms. The van der Waals surface area contributed by atoms with Gasteiger partial charge in [-0.1, -0.05) is 62.4 Å². The highest BCUT2D eigenvalue weighted by Gasteiger charge is 2.38. The summed E-state index contributed by atoms with van der Waals surface area (Å²) in [5.41, 5.74) is 4.57. The van der Waals surface area contributed by atoms with Crippen molar-refractivity contribution in [3.8, 4) is 11.1 Å². The molecule has 4 heteroatoms. The molecule has 1 unspecified atom stereocenters. The van der Waals surface area contributed by atoms with Gasteiger partial charge in [0, 0.05) is 24.7 Å². The number of pyridine rings is 1. The van der Waals surface area contributed by atoms with Gasteiger partial charge in [-0.3, -0.25) is 9.78 Å². The summed E-state index contributed by atoms with van der Waals surface area (Å²) in [5, 5.41) is 12.0. The van der Waals surface area contributed by atoms with Crippen LogP contribution < -0.4 is 5.32 Å². The van der Waals surface area contributed by atoms with Gasteiger partial charge in [0.1, 0.15) is 0 Å². The number of benzene rings is 2. The van der Waals surface area contributed by atoms with Crippen molar-refractivity contribution in [2.45, 2.75) is 39.0 Å². The maximum absolute atomic E-state index is 13.2. The molecule has 0 radical (unpaired) electrons. The lowest BCUT2D eigenvalue weighted by Crippen LogP contribution is -2.42. The van der Waals surface area contributed by atoms with E-state index in [0.717, 1.165) is 35.2 Å². The van der Waals surface area contributed by atoms with Crippen LogP contribution in [0.5, 0.6) is 0 Å². The van der Waals surface area contributed by atoms with Gasteiger partial charge in [0.25, 0.3) is 0 Å². The van der Waals surface area contributed by atoms with E-state index in [1.165, 1.54) is 5.56 Å². The Bertz CT molecular complexity index is 951. The highest BCUT2D eigenvalue weighted by molar-refractivity contribution is 5.99. The highest BCUT2D eigenvalue weighted by atomic mass is 16.2. The second-order valence-electron chi connectivity index (χ2n) is 8.15. The fourth-order valence-corrected chi connectivity index (χ4v) is 3.58. The second kappa shape index (κ2) is 9.68. The molecule has 156 valence electrons. The van der Waals surface area contributed by atoms with Gasteiger partial charge in [-0.05, 0) is 60.1 Å². The van der Waals surface area contributed by atoms with Gasteiger partial charge in [0.15, 0.2) is 0 Å². The average molecular weight is 403 g/mol. The number of aromatic nitrogens is 1. The van der Waals surface area contributed by atoms with Gasteiger partial charge < -0.3 is 10.4 Å². The number of aryl methyl sites for hydroxylation is 1. The van der Waals surface area contributed by atoms with E-state index < -0.39 is 5.41 Å². The molecule has 0 aliphatic carbocycles. The lowest BCUT2D eigenvalue weighted by Gasteiger charge is -2.33. The predicted octanol–water partition coefficient (Wildman–Crippen LogP) is 5.23. The Labute approximate surface area is 179 Å². The highest BCUT2D eigenvalue weighted by Crippen LogP contribution is 2.35. The minimum Gasteiger partial charge on any atom is -0.396 e. The smallest absolute Gasteiger partial charge is 0.235 e. The monoisotopic (exact) mass is 402 g/mol. The van der Waals surface area contributed by atoms with E-state index in [0.29, 0.717) is 0 Å². The number of nitrogens with zero attached hydrogens (tertiary/aromatic N) is 1. The normalized spacial score (nSPS) is 13.1. The first-order chi connectivity index (χ1) is 14.4. The van der Waals surface area contributed by atoms with Crippen LogP contribution in [0.2, 0.25) is 0 Å². The lowest BCUT2D eigenvalue weighted by atomic mass is 9.72. The molecule has 0 aliphatic heterocycles. The average Bonchev–Trinajstić information content (AvgIpc) is 2.78. The molecule has 0 saturated heterocycles. The third kappa shape index (κ3) is 4.77. The van der Waals surface area contributed by atoms with E-state index in [2.05, 4.69) is 72.7 Å². The minimum atomic E-state index is -0.657. The topological polar surface area (TPSA) is 62.2 Å². The van der Waals surface area contributed by atoms with Crippen LogP contribution in [0, 0.1) is 5.92 Å². The Balaban J connectivity index is 1.82. The summed E-state index contributed by atoms with van der Waals surface area (Å²) in [6, 6.07) is 20.3. The molecule has 3 rings (SSSR count). The summed E-state index contributed by atoms with van der Waals surface area (Å²) in [5.74, 6) is 0.0979. The summed E-state index contributed by atoms with van der Waals surface area (Å²) < 4.78 is 0. The third-order valence-corrected chi connectivity index (χ3v) is 5.96. The molecule has 3 aromatic rings. The largest absolute Gasteiger partial charge is 0.396 e. The minimum absolute atomic E-state index is 0.0234. The Hall–Kier alpha value is -2.98. The van der Waals surface area contributed by atoms with Gasteiger partial charge >= 0.3 is 0 Å². The molecule has 1 amide bonds. The Morgan fingerprint density at radius 2 is 1.53 bits per heavy atom. The summed E-state index contributed by atoms with van der Waals surface area (Å²) in [6.45, 7) is 6.36. The van der Waals surface area contributed by atoms with E-state index in [4.69, 9.17) is 5.11 Å². The molecule has 0 spiro atoms. The van der Waals surface area contributed by atoms with E-state index in [-0.39, 0.29) is 18.4 Å². The number of aliphatic hydroxyl groups excluding tert-OH is 1. The molecule has 0 bridgehead atoms. The molecule has 0 aliphatic rings. The number of rotatable bonds is 8. The molecule has 0 saturated carbocycles. The Morgan fingerprint density at radius 1 is 0.967 bits per heavy atom. The van der Waals surface area contributed by atoms with Gasteiger partial charge in [-0.15, -0.1) is 0 Å². The molecule has 1 heterocycles. The van der Waals surface area contributed by atoms with Crippen molar-refractivity contribution in [3.05, 3.63) is 84.2 Å². The van der Waals surface area contributed by atoms with Crippen LogP contribution in [0.3, 0.4) is 0 Å². The van der Waals surface area contributed by atoms with Gasteiger partial charge in [-0.25, -0.2) is 0 Å². The van der Waals surface area contributed by atoms with Crippen molar-refractivity contribution in [1.82, 2.24) is 4.98 Å². The Kier molecular flexibility index (Phi) is 7.01. The maximum Gasteiger partial charge on any atom is 0.235 e. The van der Waals surface area contributed by atoms with Crippen molar-refractivity contribution >= 4 is 11.6 Å². The standard InChI is InChI=1S/C26H30N2O2/c1-19(2)26(3,25(30)28-24-14-16-27-17-15-24)23-12-10-22(11-13-23)21-8-6-20(7-9-21)5-4-18-29/h6-17,19,29H,4-5,18H2,1-3H3,(H,27,28,30). The SMILES string of the molecule is CC(C)C(C)(C(=O)Nc1ccncc1)c1ccc(-c2ccc(CCCO)cc2)cc1. The van der Waals surface area contributed by atoms with Crippen LogP contribution in [-0.2, 0) is 16.6 Å². The predicted molar refractivity (Wildman–Crippen MR) is 122 cm³/mol. The zero-order valence-electron chi connectivity index (χ0n) is 17.9. The molecule has 0 fully saturated rings. The number of hydrogen-bond donors (Lipinski definition) is 2. The van der Waals surface area contributed by atoms with Crippen LogP contribution in [0.25, 0.3) is 11.1 Å². The number of carbonyl (C=O) groups excluding carboxylic acids is 1. The number of anilines is 1. The number of aliphatic hydroxyl groups is 1. The lowest BCUT2D eigenvalue weighted by molar-refractivity contribution is -0.122. The third-order valence-electron chi connectivity index (χ3n) is 5.96. The zero-order valence-corrected chi connectivity index (χ0v) is 17.9. The Morgan fingerprint density at radius 3 is 2.07 bits per heavy atom. The molecule has 2 aromatic carbocycles. The first kappa shape index (κ1) is 21.7. The van der Waals surface area contributed by atoms with Gasteiger partial charge in [-0.2, -0.15) is 0 Å². The van der Waals surface area contributed by atoms with E-state index in [9.17, 15) is 4.79 Å². The first-order valence-electron chi connectivity index (χ1n) is 10.5. The number of carbonyl (C=O) groups is 1. The van der Waals surface area contributed by atoms with Crippen molar-refractivity contribution in [1.29, 1.82) is 0 Å². The fraction of sp³-hybridized carbons (Fsp3) is 0.308. The van der Waals surface area contributed by atoms with Crippen molar-refractivity contribution < 1.29 is 9.90 Å². The van der Waals surface area contributed by atoms with Crippen LogP contribution in [0.4, 0.5) is 5.69 Å². The summed E-state index contributed by atoms with van der Waals surface area (Å²) in [6.07, 6.45) is 5.01. The van der Waals surface area contributed by atoms with Gasteiger partial charge in [0.2, 0.25) is 5.91 Å². The summed E-state index contributed by atoms with van der Waals surface area (Å²) in [4.78, 5) is 17.2. The zero-order chi connectivity index (χ0) is 21.6. The van der Waals surface area contributed by atoms with Crippen LogP contribution in [0.15, 0.2) is 73.1 Å². The number of nitrogens with one attached hydrogen (secondary N) is 1. The van der Waals surface area contributed by atoms with Crippen molar-refractivity contribution in [3.63, 3.8) is 0 Å². The molecule has 4 nitrogen and oxygen atoms in total. The quantitative estimate of drug-likeness (QED) is 0.543. The van der Waals surface area contributed by atoms with Crippen molar-refractivity contribution in [2.75, 3.05) is 11.9 Å². The van der Waals surface area contributed by atoms with E-state index in [1.54, 1.807) is 24.5 Å². The van der Waals surface area contributed by atoms with Crippen molar-refractivity contribution in [2.24, 2.45) is 5.92 Å². The van der Waals surface area contributed by atoms with Gasteiger partial charge in [0.05, 0.1) is 5.41 Å². The molecule has 1 aromatic heterocycles. The number of amides is 1. The van der Waals surface area contributed by atoms with Crippen LogP contribution >= 0.6 is 0 Å². The number of hydrogen-bond acceptors (Lipinski definition) is 3. The fourth-order valence-electron chi connectivity index (χ4n) is 3.58. The first-order valence-corrected chi connectivity index (χ1v) is 10.5. The van der Waals surface area contributed by atoms with Crippen LogP contribution in [-0.4, -0.2) is 22.6 Å². The molecular weight excluding hydrogens is 372 g/mol. The molecule has 1 atom stereocenters. The van der Waals surface area contributed by atoms with Crippen LogP contribution in [0.1, 0.15) is 38.3 Å². The molecular formula is C26H30N2O2. The summed E-state index contributed by atoms with van der Waals surface area (Å²) >= 11 is 0.